The third kappa shape index (κ3) is 3.25. The molecule has 0 unspecified atom stereocenters. The van der Waals surface area contributed by atoms with E-state index >= 15 is 0 Å². The largest absolute Gasteiger partial charge is 0.496 e. The standard InChI is InChI=1S/C14H12N4O3/c1-21-13-5-3-2-4-10(13)9-16-14-7-6-12(18(19)20)11(8-15)17-14/h2-7H,9H2,1H3,(H,16,17). The third-order valence-corrected chi connectivity index (χ3v) is 2.83. The summed E-state index contributed by atoms with van der Waals surface area (Å²) < 4.78 is 5.23. The van der Waals surface area contributed by atoms with Gasteiger partial charge in [0.2, 0.25) is 5.69 Å². The highest BCUT2D eigenvalue weighted by atomic mass is 16.6. The average Bonchev–Trinajstić information content (AvgIpc) is 2.52. The molecule has 0 saturated carbocycles. The van der Waals surface area contributed by atoms with E-state index in [2.05, 4.69) is 10.3 Å². The SMILES string of the molecule is COc1ccccc1CNc1ccc([N+](=O)[O-])c(C#N)n1. The molecule has 106 valence electrons. The minimum Gasteiger partial charge on any atom is -0.496 e. The fraction of sp³-hybridized carbons (Fsp3) is 0.143. The Bertz CT molecular complexity index is 710. The second kappa shape index (κ2) is 6.34. The molecule has 2 rings (SSSR count). The summed E-state index contributed by atoms with van der Waals surface area (Å²) in [6.07, 6.45) is 0. The van der Waals surface area contributed by atoms with Gasteiger partial charge < -0.3 is 10.1 Å². The number of nitrogens with zero attached hydrogens (tertiary/aromatic N) is 3. The van der Waals surface area contributed by atoms with Crippen LogP contribution in [0.2, 0.25) is 0 Å². The van der Waals surface area contributed by atoms with E-state index in [1.807, 2.05) is 24.3 Å². The molecule has 0 aliphatic heterocycles. The first-order valence-corrected chi connectivity index (χ1v) is 6.07. The van der Waals surface area contributed by atoms with Crippen LogP contribution in [0.5, 0.6) is 5.75 Å². The van der Waals surface area contributed by atoms with Crippen molar-refractivity contribution in [3.63, 3.8) is 0 Å². The number of methoxy groups -OCH3 is 1. The van der Waals surface area contributed by atoms with Crippen LogP contribution in [0, 0.1) is 21.4 Å². The number of nitrogens with one attached hydrogen (secondary N) is 1. The van der Waals surface area contributed by atoms with Crippen molar-refractivity contribution in [2.24, 2.45) is 0 Å². The van der Waals surface area contributed by atoms with Crippen LogP contribution in [-0.4, -0.2) is 17.0 Å². The fourth-order valence-electron chi connectivity index (χ4n) is 1.81. The van der Waals surface area contributed by atoms with Gasteiger partial charge in [-0.1, -0.05) is 18.2 Å². The Labute approximate surface area is 121 Å². The van der Waals surface area contributed by atoms with Gasteiger partial charge in [-0.2, -0.15) is 5.26 Å². The van der Waals surface area contributed by atoms with Crippen molar-refractivity contribution >= 4 is 11.5 Å². The molecule has 0 radical (unpaired) electrons. The summed E-state index contributed by atoms with van der Waals surface area (Å²) in [6, 6.07) is 11.9. The molecule has 7 nitrogen and oxygen atoms in total. The molecule has 0 aliphatic carbocycles. The van der Waals surface area contributed by atoms with Crippen molar-refractivity contribution in [1.82, 2.24) is 4.98 Å². The molecule has 0 spiro atoms. The topological polar surface area (TPSA) is 101 Å². The van der Waals surface area contributed by atoms with E-state index in [-0.39, 0.29) is 11.4 Å². The Morgan fingerprint density at radius 2 is 2.14 bits per heavy atom. The van der Waals surface area contributed by atoms with E-state index in [1.54, 1.807) is 13.2 Å². The second-order valence-corrected chi connectivity index (χ2v) is 4.10. The zero-order valence-corrected chi connectivity index (χ0v) is 11.2. The van der Waals surface area contributed by atoms with Crippen molar-refractivity contribution in [2.75, 3.05) is 12.4 Å². The second-order valence-electron chi connectivity index (χ2n) is 4.10. The number of rotatable bonds is 5. The lowest BCUT2D eigenvalue weighted by molar-refractivity contribution is -0.385. The predicted molar refractivity (Wildman–Crippen MR) is 75.9 cm³/mol. The number of para-hydroxylation sites is 1. The number of ether oxygens (including phenoxy) is 1. The molecule has 7 heteroatoms. The summed E-state index contributed by atoms with van der Waals surface area (Å²) in [5.41, 5.74) is 0.393. The zero-order valence-electron chi connectivity index (χ0n) is 11.2. The Balaban J connectivity index is 2.18. The van der Waals surface area contributed by atoms with Crippen LogP contribution in [0.3, 0.4) is 0 Å². The van der Waals surface area contributed by atoms with Gasteiger partial charge in [0.15, 0.2) is 0 Å². The number of hydrogen-bond acceptors (Lipinski definition) is 6. The van der Waals surface area contributed by atoms with Crippen LogP contribution in [0.15, 0.2) is 36.4 Å². The molecule has 0 amide bonds. The number of pyridine rings is 1. The first-order chi connectivity index (χ1) is 10.2. The smallest absolute Gasteiger partial charge is 0.305 e. The number of anilines is 1. The Morgan fingerprint density at radius 1 is 1.38 bits per heavy atom. The van der Waals surface area contributed by atoms with Crippen LogP contribution in [-0.2, 0) is 6.54 Å². The summed E-state index contributed by atoms with van der Waals surface area (Å²) in [5, 5.41) is 22.6. The molecule has 0 saturated heterocycles. The van der Waals surface area contributed by atoms with Crippen LogP contribution in [0.1, 0.15) is 11.3 Å². The van der Waals surface area contributed by atoms with Gasteiger partial charge in [-0.25, -0.2) is 4.98 Å². The molecule has 0 fully saturated rings. The molecule has 0 atom stereocenters. The highest BCUT2D eigenvalue weighted by molar-refractivity contribution is 5.50. The first kappa shape index (κ1) is 14.3. The first-order valence-electron chi connectivity index (χ1n) is 6.07. The molecular formula is C14H12N4O3. The number of hydrogen-bond donors (Lipinski definition) is 1. The van der Waals surface area contributed by atoms with E-state index < -0.39 is 4.92 Å². The predicted octanol–water partition coefficient (Wildman–Crippen LogP) is 2.48. The highest BCUT2D eigenvalue weighted by Gasteiger charge is 2.15. The molecule has 1 N–H and O–H groups in total. The summed E-state index contributed by atoms with van der Waals surface area (Å²) in [7, 11) is 1.58. The van der Waals surface area contributed by atoms with Gasteiger partial charge in [0.25, 0.3) is 0 Å². The van der Waals surface area contributed by atoms with Gasteiger partial charge in [-0.15, -0.1) is 0 Å². The maximum Gasteiger partial charge on any atom is 0.305 e. The van der Waals surface area contributed by atoms with Crippen LogP contribution in [0.25, 0.3) is 0 Å². The number of aromatic nitrogens is 1. The highest BCUT2D eigenvalue weighted by Crippen LogP contribution is 2.21. The van der Waals surface area contributed by atoms with E-state index in [1.165, 1.54) is 12.1 Å². The zero-order chi connectivity index (χ0) is 15.2. The van der Waals surface area contributed by atoms with Crippen molar-refractivity contribution in [1.29, 1.82) is 5.26 Å². The maximum atomic E-state index is 10.7. The molecule has 0 aliphatic rings. The van der Waals surface area contributed by atoms with Crippen molar-refractivity contribution in [3.8, 4) is 11.8 Å². The van der Waals surface area contributed by atoms with Crippen LogP contribution >= 0.6 is 0 Å². The van der Waals surface area contributed by atoms with Crippen LogP contribution in [0.4, 0.5) is 11.5 Å². The van der Waals surface area contributed by atoms with E-state index in [0.717, 1.165) is 11.3 Å². The van der Waals surface area contributed by atoms with Gasteiger partial charge in [-0.05, 0) is 12.1 Å². The van der Waals surface area contributed by atoms with Gasteiger partial charge in [-0.3, -0.25) is 10.1 Å². The average molecular weight is 284 g/mol. The third-order valence-electron chi connectivity index (χ3n) is 2.83. The summed E-state index contributed by atoms with van der Waals surface area (Å²) in [5.74, 6) is 1.12. The number of nitro groups is 1. The molecule has 21 heavy (non-hydrogen) atoms. The van der Waals surface area contributed by atoms with Crippen molar-refractivity contribution in [3.05, 3.63) is 57.8 Å². The summed E-state index contributed by atoms with van der Waals surface area (Å²) >= 11 is 0. The summed E-state index contributed by atoms with van der Waals surface area (Å²) in [4.78, 5) is 14.0. The fourth-order valence-corrected chi connectivity index (χ4v) is 1.81. The minimum absolute atomic E-state index is 0.218. The monoisotopic (exact) mass is 284 g/mol. The maximum absolute atomic E-state index is 10.7. The lowest BCUT2D eigenvalue weighted by Gasteiger charge is -2.09. The minimum atomic E-state index is -0.629. The van der Waals surface area contributed by atoms with Crippen molar-refractivity contribution in [2.45, 2.75) is 6.54 Å². The lowest BCUT2D eigenvalue weighted by atomic mass is 10.2. The molecule has 1 aromatic carbocycles. The van der Waals surface area contributed by atoms with Crippen LogP contribution < -0.4 is 10.1 Å². The van der Waals surface area contributed by atoms with E-state index in [9.17, 15) is 10.1 Å². The Morgan fingerprint density at radius 3 is 2.81 bits per heavy atom. The quantitative estimate of drug-likeness (QED) is 0.668. The van der Waals surface area contributed by atoms with E-state index in [0.29, 0.717) is 12.4 Å². The number of benzene rings is 1. The normalized spacial score (nSPS) is 9.71. The van der Waals surface area contributed by atoms with Gasteiger partial charge in [0.05, 0.1) is 12.0 Å². The Kier molecular flexibility index (Phi) is 4.31. The molecule has 2 aromatic rings. The molecule has 1 aromatic heterocycles. The molecule has 0 bridgehead atoms. The molecular weight excluding hydrogens is 272 g/mol. The van der Waals surface area contributed by atoms with Gasteiger partial charge in [0.1, 0.15) is 17.6 Å². The van der Waals surface area contributed by atoms with Gasteiger partial charge >= 0.3 is 5.69 Å². The van der Waals surface area contributed by atoms with Crippen molar-refractivity contribution < 1.29 is 9.66 Å². The lowest BCUT2D eigenvalue weighted by Crippen LogP contribution is -2.05. The van der Waals surface area contributed by atoms with E-state index in [4.69, 9.17) is 10.00 Å². The molecule has 1 heterocycles. The summed E-state index contributed by atoms with van der Waals surface area (Å²) in [6.45, 7) is 0.430. The Hall–Kier alpha value is -3.14. The number of nitriles is 1. The van der Waals surface area contributed by atoms with Gasteiger partial charge in [0, 0.05) is 18.2 Å².